The van der Waals surface area contributed by atoms with Crippen LogP contribution in [0.5, 0.6) is 0 Å². The highest BCUT2D eigenvalue weighted by atomic mass is 14.9. The van der Waals surface area contributed by atoms with E-state index in [4.69, 9.17) is 5.73 Å². The lowest BCUT2D eigenvalue weighted by molar-refractivity contribution is -0.0635. The van der Waals surface area contributed by atoms with Crippen LogP contribution in [0.4, 0.5) is 0 Å². The van der Waals surface area contributed by atoms with Crippen LogP contribution in [0.2, 0.25) is 0 Å². The van der Waals surface area contributed by atoms with E-state index in [0.29, 0.717) is 28.6 Å². The molecule has 2 heteroatoms. The summed E-state index contributed by atoms with van der Waals surface area (Å²) < 4.78 is 0. The summed E-state index contributed by atoms with van der Waals surface area (Å²) in [4.78, 5) is 4.18. The molecule has 0 aliphatic heterocycles. The van der Waals surface area contributed by atoms with Crippen molar-refractivity contribution in [2.75, 3.05) is 0 Å². The van der Waals surface area contributed by atoms with Crippen molar-refractivity contribution >= 4 is 0 Å². The van der Waals surface area contributed by atoms with Gasteiger partial charge in [-0.15, -0.1) is 0 Å². The van der Waals surface area contributed by atoms with Crippen LogP contribution in [0, 0.1) is 34.5 Å². The molecule has 3 fully saturated rings. The number of fused-ring (bicyclic) bond motifs is 5. The number of nitrogens with zero attached hydrogens (tertiary/aromatic N) is 1. The van der Waals surface area contributed by atoms with Gasteiger partial charge in [-0.25, -0.2) is 0 Å². The van der Waals surface area contributed by atoms with Crippen molar-refractivity contribution in [2.45, 2.75) is 110 Å². The summed E-state index contributed by atoms with van der Waals surface area (Å²) in [6, 6.07) is 4.38. The minimum absolute atomic E-state index is 0.0326. The molecule has 1 aromatic rings. The molecule has 0 spiro atoms. The number of rotatable bonds is 5. The molecule has 0 amide bonds. The average Bonchev–Trinajstić information content (AvgIpc) is 3.12. The van der Waals surface area contributed by atoms with Gasteiger partial charge in [-0.05, 0) is 122 Å². The number of nitrogens with two attached hydrogens (primary N) is 1. The summed E-state index contributed by atoms with van der Waals surface area (Å²) in [6.07, 6.45) is 21.3. The van der Waals surface area contributed by atoms with Crippen LogP contribution >= 0.6 is 0 Å². The molecule has 0 radical (unpaired) electrons. The molecule has 7 unspecified atom stereocenters. The van der Waals surface area contributed by atoms with Gasteiger partial charge < -0.3 is 5.73 Å². The highest BCUT2D eigenvalue weighted by Gasteiger charge is 2.63. The monoisotopic (exact) mass is 434 g/mol. The number of pyridine rings is 1. The van der Waals surface area contributed by atoms with Gasteiger partial charge in [0.1, 0.15) is 0 Å². The Balaban J connectivity index is 1.28. The molecule has 8 atom stereocenters. The minimum atomic E-state index is 0.0326. The molecular formula is C30H46N2. The summed E-state index contributed by atoms with van der Waals surface area (Å²) in [7, 11) is 0. The normalized spacial score (nSPS) is 44.2. The SMILES string of the molecule is CC(CCCC1CCC2C1(C)CCC1C3(C)CC[C@@H](C)CC3=CCC12N)c1ccncc1. The smallest absolute Gasteiger partial charge is 0.0270 e. The second kappa shape index (κ2) is 8.26. The molecule has 176 valence electrons. The summed E-state index contributed by atoms with van der Waals surface area (Å²) >= 11 is 0. The van der Waals surface area contributed by atoms with Gasteiger partial charge in [-0.2, -0.15) is 0 Å². The summed E-state index contributed by atoms with van der Waals surface area (Å²) in [5.74, 6) is 3.77. The first-order chi connectivity index (χ1) is 15.3. The zero-order valence-corrected chi connectivity index (χ0v) is 21.1. The lowest BCUT2D eigenvalue weighted by atomic mass is 9.44. The Morgan fingerprint density at radius 1 is 1.06 bits per heavy atom. The second-order valence-corrected chi connectivity index (χ2v) is 12.8. The Morgan fingerprint density at radius 3 is 2.62 bits per heavy atom. The van der Waals surface area contributed by atoms with E-state index in [1.165, 1.54) is 69.8 Å². The van der Waals surface area contributed by atoms with E-state index in [2.05, 4.69) is 50.9 Å². The molecule has 0 saturated heterocycles. The molecule has 4 aliphatic carbocycles. The third kappa shape index (κ3) is 3.51. The molecular weight excluding hydrogens is 388 g/mol. The molecule has 1 aromatic heterocycles. The fourth-order valence-electron chi connectivity index (χ4n) is 9.17. The van der Waals surface area contributed by atoms with Crippen LogP contribution in [0.3, 0.4) is 0 Å². The van der Waals surface area contributed by atoms with Crippen molar-refractivity contribution < 1.29 is 0 Å². The van der Waals surface area contributed by atoms with E-state index in [1.807, 2.05) is 12.4 Å². The number of hydrogen-bond acceptors (Lipinski definition) is 2. The van der Waals surface area contributed by atoms with Crippen molar-refractivity contribution in [3.05, 3.63) is 41.7 Å². The average molecular weight is 435 g/mol. The molecule has 1 heterocycles. The first-order valence-corrected chi connectivity index (χ1v) is 13.7. The Kier molecular flexibility index (Phi) is 5.84. The standard InChI is InChI=1S/C30H46N2/c1-21-10-15-29(4)25(20-21)11-17-30(31)26-9-8-24(28(26,3)16-12-27(29)30)7-5-6-22(2)23-13-18-32-19-14-23/h11,13-14,18-19,21-22,24,26-27H,5-10,12,15-17,20,31H2,1-4H3/t21-,22?,24?,26?,27?,28?,29?,30?/m1/s1. The van der Waals surface area contributed by atoms with Crippen LogP contribution in [-0.2, 0) is 0 Å². The van der Waals surface area contributed by atoms with E-state index in [-0.39, 0.29) is 5.54 Å². The maximum absolute atomic E-state index is 7.53. The third-order valence-corrected chi connectivity index (χ3v) is 11.2. The summed E-state index contributed by atoms with van der Waals surface area (Å²) in [5, 5.41) is 0. The van der Waals surface area contributed by atoms with Crippen LogP contribution < -0.4 is 5.73 Å². The van der Waals surface area contributed by atoms with Crippen molar-refractivity contribution in [1.29, 1.82) is 0 Å². The van der Waals surface area contributed by atoms with Gasteiger partial charge in [-0.1, -0.05) is 45.8 Å². The minimum Gasteiger partial charge on any atom is -0.324 e. The van der Waals surface area contributed by atoms with Crippen LogP contribution in [-0.4, -0.2) is 10.5 Å². The second-order valence-electron chi connectivity index (χ2n) is 12.8. The molecule has 32 heavy (non-hydrogen) atoms. The molecule has 0 aromatic carbocycles. The Morgan fingerprint density at radius 2 is 1.84 bits per heavy atom. The molecule has 4 aliphatic rings. The molecule has 0 bridgehead atoms. The van der Waals surface area contributed by atoms with Crippen molar-refractivity contribution in [3.8, 4) is 0 Å². The highest BCUT2D eigenvalue weighted by Crippen LogP contribution is 2.67. The lowest BCUT2D eigenvalue weighted by Crippen LogP contribution is -2.65. The zero-order chi connectivity index (χ0) is 22.6. The Bertz CT molecular complexity index is 846. The van der Waals surface area contributed by atoms with Crippen LogP contribution in [0.25, 0.3) is 0 Å². The topological polar surface area (TPSA) is 38.9 Å². The number of hydrogen-bond donors (Lipinski definition) is 1. The summed E-state index contributed by atoms with van der Waals surface area (Å²) in [6.45, 7) is 10.1. The van der Waals surface area contributed by atoms with E-state index in [0.717, 1.165) is 18.3 Å². The summed E-state index contributed by atoms with van der Waals surface area (Å²) in [5.41, 5.74) is 11.6. The van der Waals surface area contributed by atoms with E-state index < -0.39 is 0 Å². The zero-order valence-electron chi connectivity index (χ0n) is 21.1. The molecule has 5 rings (SSSR count). The quantitative estimate of drug-likeness (QED) is 0.483. The molecule has 3 saturated carbocycles. The largest absolute Gasteiger partial charge is 0.324 e. The third-order valence-electron chi connectivity index (χ3n) is 11.2. The van der Waals surface area contributed by atoms with Crippen molar-refractivity contribution in [1.82, 2.24) is 4.98 Å². The van der Waals surface area contributed by atoms with Gasteiger partial charge in [0.05, 0.1) is 0 Å². The van der Waals surface area contributed by atoms with Crippen molar-refractivity contribution in [3.63, 3.8) is 0 Å². The van der Waals surface area contributed by atoms with E-state index in [1.54, 1.807) is 5.57 Å². The van der Waals surface area contributed by atoms with Gasteiger partial charge in [0.2, 0.25) is 0 Å². The van der Waals surface area contributed by atoms with Crippen LogP contribution in [0.15, 0.2) is 36.2 Å². The molecule has 2 N–H and O–H groups in total. The number of allylic oxidation sites excluding steroid dienone is 1. The maximum Gasteiger partial charge on any atom is 0.0270 e. The van der Waals surface area contributed by atoms with Crippen molar-refractivity contribution in [2.24, 2.45) is 40.2 Å². The van der Waals surface area contributed by atoms with E-state index in [9.17, 15) is 0 Å². The fourth-order valence-corrected chi connectivity index (χ4v) is 9.17. The predicted octanol–water partition coefficient (Wildman–Crippen LogP) is 7.65. The van der Waals surface area contributed by atoms with E-state index >= 15 is 0 Å². The van der Waals surface area contributed by atoms with Gasteiger partial charge in [0, 0.05) is 17.9 Å². The molecule has 2 nitrogen and oxygen atoms in total. The first kappa shape index (κ1) is 22.6. The Labute approximate surface area is 196 Å². The van der Waals surface area contributed by atoms with Gasteiger partial charge >= 0.3 is 0 Å². The predicted molar refractivity (Wildman–Crippen MR) is 134 cm³/mol. The van der Waals surface area contributed by atoms with Crippen LogP contribution in [0.1, 0.15) is 110 Å². The van der Waals surface area contributed by atoms with Gasteiger partial charge in [-0.3, -0.25) is 4.98 Å². The first-order valence-electron chi connectivity index (χ1n) is 13.7. The maximum atomic E-state index is 7.53. The fraction of sp³-hybridized carbons (Fsp3) is 0.767. The van der Waals surface area contributed by atoms with Gasteiger partial charge in [0.15, 0.2) is 0 Å². The lowest BCUT2D eigenvalue weighted by Gasteiger charge is -2.63. The van der Waals surface area contributed by atoms with Gasteiger partial charge in [0.25, 0.3) is 0 Å². The highest BCUT2D eigenvalue weighted by molar-refractivity contribution is 5.30. The Hall–Kier alpha value is -1.15. The number of aromatic nitrogens is 1.